The number of ether oxygens (including phenoxy) is 1. The topological polar surface area (TPSA) is 68.6 Å². The second-order valence-electron chi connectivity index (χ2n) is 5.42. The molecule has 0 bridgehead atoms. The van der Waals surface area contributed by atoms with Gasteiger partial charge in [-0.3, -0.25) is 0 Å². The molecule has 24 heavy (non-hydrogen) atoms. The van der Waals surface area contributed by atoms with Crippen molar-refractivity contribution in [3.05, 3.63) is 53.9 Å². The van der Waals surface area contributed by atoms with Gasteiger partial charge in [0, 0.05) is 4.88 Å². The van der Waals surface area contributed by atoms with Crippen LogP contribution in [0.1, 0.15) is 0 Å². The lowest BCUT2D eigenvalue weighted by atomic mass is 10.0. The number of furan rings is 1. The fraction of sp³-hybridized carbons (Fsp3) is 0.0526. The molecule has 4 nitrogen and oxygen atoms in total. The van der Waals surface area contributed by atoms with Gasteiger partial charge in [0.1, 0.15) is 17.1 Å². The predicted octanol–water partition coefficient (Wildman–Crippen LogP) is 5.12. The number of hydrogen-bond acceptors (Lipinski definition) is 5. The standard InChI is InChI=1S/C19H15NO3S/c1-22-13-6-4-11(5-7-13)12-9-14(21)17-15(10-12)23-19(20)18(17)16-3-2-8-24-16/h2-10,21H,20H2,1H3. The molecule has 0 radical (unpaired) electrons. The van der Waals surface area contributed by atoms with Crippen LogP contribution < -0.4 is 10.5 Å². The van der Waals surface area contributed by atoms with Crippen LogP contribution >= 0.6 is 11.3 Å². The fourth-order valence-electron chi connectivity index (χ4n) is 2.84. The molecule has 0 aliphatic rings. The molecule has 0 unspecified atom stereocenters. The van der Waals surface area contributed by atoms with Crippen molar-refractivity contribution in [3.63, 3.8) is 0 Å². The third-order valence-corrected chi connectivity index (χ3v) is 4.88. The maximum absolute atomic E-state index is 10.6. The van der Waals surface area contributed by atoms with Gasteiger partial charge in [-0.15, -0.1) is 11.3 Å². The predicted molar refractivity (Wildman–Crippen MR) is 97.6 cm³/mol. The number of benzene rings is 2. The molecule has 2 aromatic carbocycles. The molecular formula is C19H15NO3S. The molecule has 2 heterocycles. The van der Waals surface area contributed by atoms with Crippen LogP contribution in [0, 0.1) is 0 Å². The summed E-state index contributed by atoms with van der Waals surface area (Å²) in [7, 11) is 1.63. The van der Waals surface area contributed by atoms with Gasteiger partial charge >= 0.3 is 0 Å². The summed E-state index contributed by atoms with van der Waals surface area (Å²) in [4.78, 5) is 0.971. The van der Waals surface area contributed by atoms with Crippen molar-refractivity contribution in [2.45, 2.75) is 0 Å². The maximum Gasteiger partial charge on any atom is 0.200 e. The lowest BCUT2D eigenvalue weighted by Crippen LogP contribution is -1.84. The molecule has 5 heteroatoms. The van der Waals surface area contributed by atoms with E-state index in [2.05, 4.69) is 0 Å². The molecule has 0 saturated heterocycles. The molecule has 0 saturated carbocycles. The Morgan fingerprint density at radius 3 is 2.54 bits per heavy atom. The van der Waals surface area contributed by atoms with Crippen molar-refractivity contribution < 1.29 is 14.3 Å². The zero-order chi connectivity index (χ0) is 16.7. The molecular weight excluding hydrogens is 322 g/mol. The van der Waals surface area contributed by atoms with E-state index < -0.39 is 0 Å². The number of phenolic OH excluding ortho intramolecular Hbond substituents is 1. The minimum atomic E-state index is 0.155. The van der Waals surface area contributed by atoms with Gasteiger partial charge in [0.2, 0.25) is 5.88 Å². The average Bonchev–Trinajstić information content (AvgIpc) is 3.21. The largest absolute Gasteiger partial charge is 0.507 e. The Morgan fingerprint density at radius 2 is 1.88 bits per heavy atom. The molecule has 0 atom stereocenters. The first-order valence-corrected chi connectivity index (χ1v) is 8.28. The number of thiophene rings is 1. The second kappa shape index (κ2) is 5.62. The molecule has 120 valence electrons. The van der Waals surface area contributed by atoms with Crippen molar-refractivity contribution in [2.75, 3.05) is 12.8 Å². The van der Waals surface area contributed by atoms with Crippen molar-refractivity contribution in [1.82, 2.24) is 0 Å². The SMILES string of the molecule is COc1ccc(-c2cc(O)c3c(-c4cccs4)c(N)oc3c2)cc1. The van der Waals surface area contributed by atoms with Crippen LogP contribution in [0.15, 0.2) is 58.3 Å². The Labute approximate surface area is 142 Å². The summed E-state index contributed by atoms with van der Waals surface area (Å²) in [6.45, 7) is 0. The number of anilines is 1. The average molecular weight is 337 g/mol. The first-order chi connectivity index (χ1) is 11.7. The van der Waals surface area contributed by atoms with Gasteiger partial charge in [-0.05, 0) is 46.8 Å². The number of methoxy groups -OCH3 is 1. The Kier molecular flexibility index (Phi) is 3.43. The number of phenols is 1. The van der Waals surface area contributed by atoms with E-state index in [1.165, 1.54) is 0 Å². The monoisotopic (exact) mass is 337 g/mol. The van der Waals surface area contributed by atoms with Crippen LogP contribution in [0.3, 0.4) is 0 Å². The number of nitrogen functional groups attached to an aromatic ring is 1. The van der Waals surface area contributed by atoms with Gasteiger partial charge in [0.25, 0.3) is 0 Å². The van der Waals surface area contributed by atoms with E-state index in [1.54, 1.807) is 24.5 Å². The highest BCUT2D eigenvalue weighted by Crippen LogP contribution is 2.44. The summed E-state index contributed by atoms with van der Waals surface area (Å²) in [6.07, 6.45) is 0. The first kappa shape index (κ1) is 14.7. The van der Waals surface area contributed by atoms with E-state index in [0.717, 1.165) is 27.3 Å². The number of fused-ring (bicyclic) bond motifs is 1. The summed E-state index contributed by atoms with van der Waals surface area (Å²) >= 11 is 1.56. The Balaban J connectivity index is 1.89. The number of nitrogens with two attached hydrogens (primary N) is 1. The van der Waals surface area contributed by atoms with Gasteiger partial charge < -0.3 is 20.0 Å². The molecule has 2 aromatic heterocycles. The molecule has 0 amide bonds. The highest BCUT2D eigenvalue weighted by molar-refractivity contribution is 7.13. The molecule has 3 N–H and O–H groups in total. The van der Waals surface area contributed by atoms with Crippen molar-refractivity contribution >= 4 is 28.2 Å². The Bertz CT molecular complexity index is 1000. The molecule has 0 aliphatic carbocycles. The summed E-state index contributed by atoms with van der Waals surface area (Å²) < 4.78 is 10.9. The summed E-state index contributed by atoms with van der Waals surface area (Å²) in [6, 6.07) is 15.2. The molecule has 0 aliphatic heterocycles. The van der Waals surface area contributed by atoms with Crippen LogP contribution in [0.4, 0.5) is 5.88 Å². The minimum Gasteiger partial charge on any atom is -0.507 e. The van der Waals surface area contributed by atoms with E-state index in [1.807, 2.05) is 47.8 Å². The zero-order valence-corrected chi connectivity index (χ0v) is 13.8. The van der Waals surface area contributed by atoms with Gasteiger partial charge in [-0.2, -0.15) is 0 Å². The van der Waals surface area contributed by atoms with Crippen LogP contribution in [-0.4, -0.2) is 12.2 Å². The van der Waals surface area contributed by atoms with E-state index in [0.29, 0.717) is 16.9 Å². The first-order valence-electron chi connectivity index (χ1n) is 7.40. The quantitative estimate of drug-likeness (QED) is 0.544. The summed E-state index contributed by atoms with van der Waals surface area (Å²) in [5.41, 5.74) is 9.19. The fourth-order valence-corrected chi connectivity index (χ4v) is 3.62. The maximum atomic E-state index is 10.6. The lowest BCUT2D eigenvalue weighted by Gasteiger charge is -2.05. The highest BCUT2D eigenvalue weighted by Gasteiger charge is 2.19. The number of hydrogen-bond donors (Lipinski definition) is 2. The van der Waals surface area contributed by atoms with Crippen LogP contribution in [0.2, 0.25) is 0 Å². The van der Waals surface area contributed by atoms with Crippen LogP contribution in [0.5, 0.6) is 11.5 Å². The van der Waals surface area contributed by atoms with E-state index in [-0.39, 0.29) is 5.75 Å². The Hall–Kier alpha value is -2.92. The van der Waals surface area contributed by atoms with Crippen molar-refractivity contribution in [1.29, 1.82) is 0 Å². The minimum absolute atomic E-state index is 0.155. The van der Waals surface area contributed by atoms with Crippen LogP contribution in [0.25, 0.3) is 32.5 Å². The molecule has 4 rings (SSSR count). The third-order valence-electron chi connectivity index (χ3n) is 3.99. The smallest absolute Gasteiger partial charge is 0.200 e. The second-order valence-corrected chi connectivity index (χ2v) is 6.36. The van der Waals surface area contributed by atoms with Crippen molar-refractivity contribution in [3.8, 4) is 33.1 Å². The lowest BCUT2D eigenvalue weighted by molar-refractivity contribution is 0.415. The number of aromatic hydroxyl groups is 1. The molecule has 0 spiro atoms. The van der Waals surface area contributed by atoms with Crippen LogP contribution in [-0.2, 0) is 0 Å². The van der Waals surface area contributed by atoms with E-state index in [4.69, 9.17) is 14.9 Å². The normalized spacial score (nSPS) is 11.0. The molecule has 4 aromatic rings. The van der Waals surface area contributed by atoms with Gasteiger partial charge in [-0.1, -0.05) is 18.2 Å². The van der Waals surface area contributed by atoms with Gasteiger partial charge in [0.05, 0.1) is 18.1 Å². The van der Waals surface area contributed by atoms with Gasteiger partial charge in [-0.25, -0.2) is 0 Å². The Morgan fingerprint density at radius 1 is 1.08 bits per heavy atom. The zero-order valence-electron chi connectivity index (χ0n) is 12.9. The number of rotatable bonds is 3. The van der Waals surface area contributed by atoms with Gasteiger partial charge in [0.15, 0.2) is 0 Å². The summed E-state index contributed by atoms with van der Waals surface area (Å²) in [5, 5.41) is 13.2. The van der Waals surface area contributed by atoms with E-state index >= 15 is 0 Å². The highest BCUT2D eigenvalue weighted by atomic mass is 32.1. The summed E-state index contributed by atoms with van der Waals surface area (Å²) in [5.74, 6) is 1.25. The molecule has 0 fully saturated rings. The third kappa shape index (κ3) is 2.30. The van der Waals surface area contributed by atoms with Crippen molar-refractivity contribution in [2.24, 2.45) is 0 Å². The van der Waals surface area contributed by atoms with E-state index in [9.17, 15) is 5.11 Å².